The lowest BCUT2D eigenvalue weighted by atomic mass is 9.50. The number of carbonyl (C=O) groups is 2. The van der Waals surface area contributed by atoms with Crippen LogP contribution in [0.25, 0.3) is 0 Å². The number of nitrogens with one attached hydrogen (secondary N) is 1. The van der Waals surface area contributed by atoms with Crippen molar-refractivity contribution in [3.05, 3.63) is 12.2 Å². The van der Waals surface area contributed by atoms with Crippen molar-refractivity contribution in [3.63, 3.8) is 0 Å². The molecule has 0 aromatic carbocycles. The SMILES string of the molecule is COC(=O)/C=C/C1CC2(C1)CC(NC(=O)OC(C)(C)C)C2. The third-order valence-electron chi connectivity index (χ3n) is 4.18. The second-order valence-electron chi connectivity index (χ2n) is 7.30. The van der Waals surface area contributed by atoms with Crippen molar-refractivity contribution in [1.29, 1.82) is 0 Å². The molecule has 2 rings (SSSR count). The number of ether oxygens (including phenoxy) is 2. The Kier molecular flexibility index (Phi) is 4.30. The van der Waals surface area contributed by atoms with Crippen LogP contribution in [0.15, 0.2) is 12.2 Å². The molecule has 1 spiro atoms. The number of hydrogen-bond donors (Lipinski definition) is 1. The van der Waals surface area contributed by atoms with Crippen molar-refractivity contribution in [1.82, 2.24) is 5.32 Å². The van der Waals surface area contributed by atoms with Gasteiger partial charge in [-0.2, -0.15) is 0 Å². The lowest BCUT2D eigenvalue weighted by Gasteiger charge is -2.57. The monoisotopic (exact) mass is 295 g/mol. The molecule has 2 aliphatic carbocycles. The minimum Gasteiger partial charge on any atom is -0.466 e. The number of carbonyl (C=O) groups excluding carboxylic acids is 2. The number of amides is 1. The second-order valence-corrected chi connectivity index (χ2v) is 7.30. The molecule has 21 heavy (non-hydrogen) atoms. The van der Waals surface area contributed by atoms with Gasteiger partial charge < -0.3 is 14.8 Å². The van der Waals surface area contributed by atoms with Crippen molar-refractivity contribution in [2.75, 3.05) is 7.11 Å². The fourth-order valence-corrected chi connectivity index (χ4v) is 3.37. The number of alkyl carbamates (subject to hydrolysis) is 1. The molecule has 0 bridgehead atoms. The molecule has 2 saturated carbocycles. The highest BCUT2D eigenvalue weighted by Crippen LogP contribution is 2.59. The lowest BCUT2D eigenvalue weighted by molar-refractivity contribution is -0.135. The van der Waals surface area contributed by atoms with E-state index in [2.05, 4.69) is 10.1 Å². The van der Waals surface area contributed by atoms with Gasteiger partial charge in [0.15, 0.2) is 0 Å². The summed E-state index contributed by atoms with van der Waals surface area (Å²) < 4.78 is 9.82. The fourth-order valence-electron chi connectivity index (χ4n) is 3.37. The van der Waals surface area contributed by atoms with Crippen molar-refractivity contribution in [3.8, 4) is 0 Å². The standard InChI is InChI=1S/C16H25NO4/c1-15(2,3)21-14(19)17-12-9-16(10-12)7-11(8-16)5-6-13(18)20-4/h5-6,11-12H,7-10H2,1-4H3,(H,17,19)/b6-5+. The molecule has 0 atom stereocenters. The van der Waals surface area contributed by atoms with Crippen molar-refractivity contribution in [2.45, 2.75) is 58.1 Å². The Morgan fingerprint density at radius 3 is 2.33 bits per heavy atom. The van der Waals surface area contributed by atoms with E-state index in [-0.39, 0.29) is 18.1 Å². The lowest BCUT2D eigenvalue weighted by Crippen LogP contribution is -2.56. The predicted octanol–water partition coefficient (Wildman–Crippen LogP) is 2.80. The number of rotatable bonds is 3. The average molecular weight is 295 g/mol. The van der Waals surface area contributed by atoms with Gasteiger partial charge in [-0.25, -0.2) is 9.59 Å². The molecule has 1 amide bonds. The highest BCUT2D eigenvalue weighted by molar-refractivity contribution is 5.81. The van der Waals surface area contributed by atoms with Gasteiger partial charge in [-0.1, -0.05) is 6.08 Å². The molecule has 0 aromatic heterocycles. The summed E-state index contributed by atoms with van der Waals surface area (Å²) in [7, 11) is 1.38. The van der Waals surface area contributed by atoms with Crippen LogP contribution in [0.1, 0.15) is 46.5 Å². The molecule has 0 saturated heterocycles. The van der Waals surface area contributed by atoms with Crippen LogP contribution in [0.4, 0.5) is 4.79 Å². The second kappa shape index (κ2) is 5.70. The normalized spacial score (nSPS) is 31.4. The average Bonchev–Trinajstić information content (AvgIpc) is 2.26. The third kappa shape index (κ3) is 4.22. The van der Waals surface area contributed by atoms with Crippen LogP contribution >= 0.6 is 0 Å². The number of hydrogen-bond acceptors (Lipinski definition) is 4. The smallest absolute Gasteiger partial charge is 0.407 e. The van der Waals surface area contributed by atoms with Gasteiger partial charge in [-0.05, 0) is 57.8 Å². The van der Waals surface area contributed by atoms with E-state index in [1.54, 1.807) is 0 Å². The largest absolute Gasteiger partial charge is 0.466 e. The van der Waals surface area contributed by atoms with Gasteiger partial charge in [-0.3, -0.25) is 0 Å². The number of esters is 1. The maximum Gasteiger partial charge on any atom is 0.407 e. The summed E-state index contributed by atoms with van der Waals surface area (Å²) in [5, 5.41) is 2.92. The quantitative estimate of drug-likeness (QED) is 0.642. The van der Waals surface area contributed by atoms with Crippen LogP contribution in [-0.2, 0) is 14.3 Å². The molecule has 5 heteroatoms. The van der Waals surface area contributed by atoms with Gasteiger partial charge in [0.05, 0.1) is 7.11 Å². The third-order valence-corrected chi connectivity index (χ3v) is 4.18. The van der Waals surface area contributed by atoms with Gasteiger partial charge in [0, 0.05) is 12.1 Å². The Balaban J connectivity index is 1.66. The molecule has 0 aromatic rings. The van der Waals surface area contributed by atoms with Gasteiger partial charge in [0.25, 0.3) is 0 Å². The van der Waals surface area contributed by atoms with Gasteiger partial charge in [0.2, 0.25) is 0 Å². The van der Waals surface area contributed by atoms with Crippen LogP contribution in [0.5, 0.6) is 0 Å². The molecule has 1 N–H and O–H groups in total. The topological polar surface area (TPSA) is 64.6 Å². The van der Waals surface area contributed by atoms with Crippen LogP contribution in [0.2, 0.25) is 0 Å². The van der Waals surface area contributed by atoms with Crippen molar-refractivity contribution < 1.29 is 19.1 Å². The summed E-state index contributed by atoms with van der Waals surface area (Å²) in [5.74, 6) is 0.167. The summed E-state index contributed by atoms with van der Waals surface area (Å²) in [6.07, 6.45) is 7.31. The first kappa shape index (κ1) is 15.9. The molecule has 0 aliphatic heterocycles. The van der Waals surface area contributed by atoms with Gasteiger partial charge in [-0.15, -0.1) is 0 Å². The minimum atomic E-state index is -0.453. The van der Waals surface area contributed by atoms with E-state index in [9.17, 15) is 9.59 Å². The molecule has 0 unspecified atom stereocenters. The fraction of sp³-hybridized carbons (Fsp3) is 0.750. The number of allylic oxidation sites excluding steroid dienone is 1. The van der Waals surface area contributed by atoms with E-state index in [0.717, 1.165) is 25.7 Å². The minimum absolute atomic E-state index is 0.227. The molecule has 0 heterocycles. The molecule has 2 aliphatic rings. The van der Waals surface area contributed by atoms with E-state index in [1.807, 2.05) is 26.8 Å². The first-order valence-electron chi connectivity index (χ1n) is 7.47. The Hall–Kier alpha value is -1.52. The summed E-state index contributed by atoms with van der Waals surface area (Å²) in [6, 6.07) is 0.227. The van der Waals surface area contributed by atoms with Crippen LogP contribution in [0.3, 0.4) is 0 Å². The van der Waals surface area contributed by atoms with E-state index >= 15 is 0 Å². The van der Waals surface area contributed by atoms with Crippen LogP contribution in [-0.4, -0.2) is 30.8 Å². The molecule has 5 nitrogen and oxygen atoms in total. The summed E-state index contributed by atoms with van der Waals surface area (Å²) >= 11 is 0. The van der Waals surface area contributed by atoms with Crippen LogP contribution < -0.4 is 5.32 Å². The van der Waals surface area contributed by atoms with E-state index in [4.69, 9.17) is 4.74 Å². The molecule has 0 radical (unpaired) electrons. The zero-order chi connectivity index (χ0) is 15.7. The van der Waals surface area contributed by atoms with Gasteiger partial charge >= 0.3 is 12.1 Å². The first-order valence-corrected chi connectivity index (χ1v) is 7.47. The Morgan fingerprint density at radius 2 is 1.81 bits per heavy atom. The highest BCUT2D eigenvalue weighted by Gasteiger charge is 2.52. The van der Waals surface area contributed by atoms with Crippen molar-refractivity contribution >= 4 is 12.1 Å². The number of methoxy groups -OCH3 is 1. The summed E-state index contributed by atoms with van der Waals surface area (Å²) in [5.41, 5.74) is -0.0867. The Morgan fingerprint density at radius 1 is 1.19 bits per heavy atom. The maximum absolute atomic E-state index is 11.7. The Bertz CT molecular complexity index is 436. The van der Waals surface area contributed by atoms with E-state index in [1.165, 1.54) is 13.2 Å². The summed E-state index contributed by atoms with van der Waals surface area (Å²) in [4.78, 5) is 22.7. The highest BCUT2D eigenvalue weighted by atomic mass is 16.6. The zero-order valence-corrected chi connectivity index (χ0v) is 13.3. The molecule has 118 valence electrons. The van der Waals surface area contributed by atoms with Gasteiger partial charge in [0.1, 0.15) is 5.60 Å². The van der Waals surface area contributed by atoms with Crippen LogP contribution in [0, 0.1) is 11.3 Å². The Labute approximate surface area is 126 Å². The first-order chi connectivity index (χ1) is 9.71. The van der Waals surface area contributed by atoms with E-state index in [0.29, 0.717) is 11.3 Å². The molecular formula is C16H25NO4. The van der Waals surface area contributed by atoms with Crippen molar-refractivity contribution in [2.24, 2.45) is 11.3 Å². The summed E-state index contributed by atoms with van der Waals surface area (Å²) in [6.45, 7) is 5.58. The predicted molar refractivity (Wildman–Crippen MR) is 78.7 cm³/mol. The zero-order valence-electron chi connectivity index (χ0n) is 13.3. The maximum atomic E-state index is 11.7. The van der Waals surface area contributed by atoms with E-state index < -0.39 is 5.60 Å². The molecule has 2 fully saturated rings. The molecular weight excluding hydrogens is 270 g/mol.